The first-order valence-electron chi connectivity index (χ1n) is 9.56. The summed E-state index contributed by atoms with van der Waals surface area (Å²) in [5, 5.41) is 9.25. The van der Waals surface area contributed by atoms with E-state index in [1.54, 1.807) is 0 Å². The SMILES string of the molecule is CCCCCCCCC(CCC(O)CCCCCC)S(=O)(=O)O. The Morgan fingerprint density at radius 3 is 1.74 bits per heavy atom. The molecule has 0 aromatic carbocycles. The monoisotopic (exact) mass is 350 g/mol. The number of rotatable bonds is 16. The summed E-state index contributed by atoms with van der Waals surface area (Å²) in [6, 6.07) is 0. The molecule has 140 valence electrons. The Bertz CT molecular complexity index is 354. The molecule has 4 nitrogen and oxygen atoms in total. The number of unbranched alkanes of at least 4 members (excludes halogenated alkanes) is 8. The van der Waals surface area contributed by atoms with Crippen LogP contribution in [0.2, 0.25) is 0 Å². The van der Waals surface area contributed by atoms with Gasteiger partial charge in [0.05, 0.1) is 11.4 Å². The fourth-order valence-corrected chi connectivity index (χ4v) is 3.82. The molecule has 0 rings (SSSR count). The van der Waals surface area contributed by atoms with Gasteiger partial charge in [-0.1, -0.05) is 78.1 Å². The van der Waals surface area contributed by atoms with Crippen molar-refractivity contribution >= 4 is 10.1 Å². The first-order chi connectivity index (χ1) is 10.9. The number of hydrogen-bond acceptors (Lipinski definition) is 3. The van der Waals surface area contributed by atoms with Crippen LogP contribution in [0.1, 0.15) is 104 Å². The van der Waals surface area contributed by atoms with Crippen molar-refractivity contribution in [3.05, 3.63) is 0 Å². The van der Waals surface area contributed by atoms with E-state index < -0.39 is 21.5 Å². The molecule has 0 spiro atoms. The number of aliphatic hydroxyl groups is 1. The molecule has 0 aliphatic heterocycles. The minimum Gasteiger partial charge on any atom is -0.393 e. The van der Waals surface area contributed by atoms with Gasteiger partial charge in [-0.25, -0.2) is 0 Å². The van der Waals surface area contributed by atoms with Crippen LogP contribution in [0.25, 0.3) is 0 Å². The lowest BCUT2D eigenvalue weighted by Crippen LogP contribution is -2.22. The highest BCUT2D eigenvalue weighted by Gasteiger charge is 2.23. The van der Waals surface area contributed by atoms with E-state index in [1.807, 2.05) is 0 Å². The molecule has 5 heteroatoms. The maximum absolute atomic E-state index is 11.5. The summed E-state index contributed by atoms with van der Waals surface area (Å²) in [5.74, 6) is 0. The van der Waals surface area contributed by atoms with Gasteiger partial charge in [-0.05, 0) is 25.7 Å². The van der Waals surface area contributed by atoms with Crippen LogP contribution in [-0.4, -0.2) is 29.4 Å². The predicted molar refractivity (Wildman–Crippen MR) is 97.3 cm³/mol. The zero-order valence-corrected chi connectivity index (χ0v) is 16.0. The smallest absolute Gasteiger partial charge is 0.267 e. The van der Waals surface area contributed by atoms with Crippen LogP contribution in [0.3, 0.4) is 0 Å². The van der Waals surface area contributed by atoms with Crippen molar-refractivity contribution in [2.24, 2.45) is 0 Å². The first kappa shape index (κ1) is 22.9. The lowest BCUT2D eigenvalue weighted by Gasteiger charge is -2.16. The molecule has 0 heterocycles. The average molecular weight is 351 g/mol. The van der Waals surface area contributed by atoms with Crippen LogP contribution in [0, 0.1) is 0 Å². The second-order valence-corrected chi connectivity index (χ2v) is 8.47. The maximum Gasteiger partial charge on any atom is 0.267 e. The average Bonchev–Trinajstić information content (AvgIpc) is 2.48. The molecule has 0 bridgehead atoms. The van der Waals surface area contributed by atoms with E-state index in [1.165, 1.54) is 32.1 Å². The molecule has 23 heavy (non-hydrogen) atoms. The molecule has 0 saturated heterocycles. The van der Waals surface area contributed by atoms with Gasteiger partial charge in [0.2, 0.25) is 0 Å². The Morgan fingerprint density at radius 2 is 1.17 bits per heavy atom. The maximum atomic E-state index is 11.5. The molecule has 2 atom stereocenters. The normalized spacial score (nSPS) is 14.8. The van der Waals surface area contributed by atoms with E-state index in [2.05, 4.69) is 13.8 Å². The zero-order valence-electron chi connectivity index (χ0n) is 15.2. The molecule has 0 fully saturated rings. The Labute approximate surface area is 143 Å². The third kappa shape index (κ3) is 14.0. The van der Waals surface area contributed by atoms with E-state index in [-0.39, 0.29) is 0 Å². The summed E-state index contributed by atoms with van der Waals surface area (Å²) < 4.78 is 32.3. The van der Waals surface area contributed by atoms with Crippen LogP contribution >= 0.6 is 0 Å². The fourth-order valence-electron chi connectivity index (χ4n) is 2.92. The van der Waals surface area contributed by atoms with Crippen LogP contribution in [-0.2, 0) is 10.1 Å². The van der Waals surface area contributed by atoms with E-state index in [9.17, 15) is 18.1 Å². The van der Waals surface area contributed by atoms with Crippen LogP contribution in [0.4, 0.5) is 0 Å². The Balaban J connectivity index is 3.97. The first-order valence-corrected chi connectivity index (χ1v) is 11.1. The summed E-state index contributed by atoms with van der Waals surface area (Å²) >= 11 is 0. The molecule has 0 radical (unpaired) electrons. The van der Waals surface area contributed by atoms with Crippen molar-refractivity contribution in [2.75, 3.05) is 0 Å². The zero-order chi connectivity index (χ0) is 17.6. The molecule has 0 aliphatic rings. The van der Waals surface area contributed by atoms with Gasteiger partial charge in [0, 0.05) is 0 Å². The topological polar surface area (TPSA) is 74.6 Å². The van der Waals surface area contributed by atoms with Gasteiger partial charge >= 0.3 is 0 Å². The van der Waals surface area contributed by atoms with Crippen molar-refractivity contribution in [3.8, 4) is 0 Å². The van der Waals surface area contributed by atoms with Gasteiger partial charge in [0.1, 0.15) is 0 Å². The van der Waals surface area contributed by atoms with E-state index in [0.29, 0.717) is 19.3 Å². The highest BCUT2D eigenvalue weighted by molar-refractivity contribution is 7.86. The molecular formula is C18H38O4S. The molecule has 0 amide bonds. The third-order valence-corrected chi connectivity index (χ3v) is 5.83. The van der Waals surface area contributed by atoms with Crippen molar-refractivity contribution in [3.63, 3.8) is 0 Å². The number of hydrogen-bond donors (Lipinski definition) is 2. The van der Waals surface area contributed by atoms with Gasteiger partial charge in [-0.2, -0.15) is 8.42 Å². The number of aliphatic hydroxyl groups excluding tert-OH is 1. The van der Waals surface area contributed by atoms with Crippen molar-refractivity contribution in [2.45, 2.75) is 115 Å². The summed E-state index contributed by atoms with van der Waals surface area (Å²) in [6.07, 6.45) is 12.7. The Kier molecular flexibility index (Phi) is 14.2. The largest absolute Gasteiger partial charge is 0.393 e. The molecule has 2 N–H and O–H groups in total. The van der Waals surface area contributed by atoms with Crippen LogP contribution in [0.5, 0.6) is 0 Å². The minimum absolute atomic E-state index is 0.364. The van der Waals surface area contributed by atoms with Gasteiger partial charge in [-0.15, -0.1) is 0 Å². The molecule has 2 unspecified atom stereocenters. The van der Waals surface area contributed by atoms with Crippen molar-refractivity contribution in [1.29, 1.82) is 0 Å². The second kappa shape index (κ2) is 14.2. The second-order valence-electron chi connectivity index (χ2n) is 6.77. The van der Waals surface area contributed by atoms with Gasteiger partial charge in [0.25, 0.3) is 10.1 Å². The summed E-state index contributed by atoms with van der Waals surface area (Å²) in [5.41, 5.74) is 0. The highest BCUT2D eigenvalue weighted by atomic mass is 32.2. The molecule has 0 aromatic heterocycles. The van der Waals surface area contributed by atoms with Crippen molar-refractivity contribution < 1.29 is 18.1 Å². The summed E-state index contributed by atoms with van der Waals surface area (Å²) in [4.78, 5) is 0. The molecular weight excluding hydrogens is 312 g/mol. The van der Waals surface area contributed by atoms with E-state index in [4.69, 9.17) is 0 Å². The lowest BCUT2D eigenvalue weighted by atomic mass is 10.0. The molecule has 0 aromatic rings. The van der Waals surface area contributed by atoms with Gasteiger partial charge in [0.15, 0.2) is 0 Å². The standard InChI is InChI=1S/C18H38O4S/c1-3-5-7-9-10-12-14-18(23(20,21)22)16-15-17(19)13-11-8-6-4-2/h17-19H,3-16H2,1-2H3,(H,20,21,22). The quantitative estimate of drug-likeness (QED) is 0.300. The summed E-state index contributed by atoms with van der Waals surface area (Å²) in [6.45, 7) is 4.32. The minimum atomic E-state index is -4.00. The Morgan fingerprint density at radius 1 is 0.696 bits per heavy atom. The molecule has 0 aliphatic carbocycles. The Hall–Kier alpha value is -0.130. The summed E-state index contributed by atoms with van der Waals surface area (Å²) in [7, 11) is -4.00. The van der Waals surface area contributed by atoms with Crippen LogP contribution in [0.15, 0.2) is 0 Å². The van der Waals surface area contributed by atoms with Crippen molar-refractivity contribution in [1.82, 2.24) is 0 Å². The fraction of sp³-hybridized carbons (Fsp3) is 1.00. The molecule has 0 saturated carbocycles. The van der Waals surface area contributed by atoms with E-state index >= 15 is 0 Å². The highest BCUT2D eigenvalue weighted by Crippen LogP contribution is 2.19. The lowest BCUT2D eigenvalue weighted by molar-refractivity contribution is 0.147. The predicted octanol–water partition coefficient (Wildman–Crippen LogP) is 5.10. The van der Waals surface area contributed by atoms with Gasteiger partial charge in [-0.3, -0.25) is 4.55 Å². The van der Waals surface area contributed by atoms with Crippen LogP contribution < -0.4 is 0 Å². The van der Waals surface area contributed by atoms with Gasteiger partial charge < -0.3 is 5.11 Å². The third-order valence-electron chi connectivity index (χ3n) is 4.51. The van der Waals surface area contributed by atoms with E-state index in [0.717, 1.165) is 38.5 Å².